The molecule has 0 aliphatic rings. The van der Waals surface area contributed by atoms with Crippen LogP contribution >= 0.6 is 9.24 Å². The van der Waals surface area contributed by atoms with Crippen LogP contribution in [0, 0.1) is 5.92 Å². The Morgan fingerprint density at radius 1 is 0.810 bits per heavy atom. The van der Waals surface area contributed by atoms with Gasteiger partial charge in [0.25, 0.3) is 0 Å². The molecule has 1 unspecified atom stereocenters. The van der Waals surface area contributed by atoms with E-state index in [-0.39, 0.29) is 17.0 Å². The molecule has 0 aliphatic heterocycles. The summed E-state index contributed by atoms with van der Waals surface area (Å²) in [6.45, 7) is 4.52. The van der Waals surface area contributed by atoms with Gasteiger partial charge in [0.2, 0.25) is 0 Å². The van der Waals surface area contributed by atoms with Gasteiger partial charge in [0.1, 0.15) is 0 Å². The van der Waals surface area contributed by atoms with E-state index in [0.29, 0.717) is 5.92 Å². The minimum atomic E-state index is 0. The summed E-state index contributed by atoms with van der Waals surface area (Å²) in [4.78, 5) is 0. The van der Waals surface area contributed by atoms with Crippen LogP contribution in [0.4, 0.5) is 0 Å². The van der Waals surface area contributed by atoms with Crippen molar-refractivity contribution in [2.45, 2.75) is 26.4 Å². The van der Waals surface area contributed by atoms with E-state index in [1.54, 1.807) is 0 Å². The Morgan fingerprint density at radius 2 is 1.24 bits per heavy atom. The third-order valence-corrected chi connectivity index (χ3v) is 3.94. The molecule has 0 saturated carbocycles. The quantitative estimate of drug-likeness (QED) is 0.564. The highest BCUT2D eigenvalue weighted by molar-refractivity contribution is 7.15. The van der Waals surface area contributed by atoms with Gasteiger partial charge in [-0.2, -0.15) is 0 Å². The minimum absolute atomic E-state index is 0. The van der Waals surface area contributed by atoms with Crippen molar-refractivity contribution >= 4 is 21.4 Å². The monoisotopic (exact) mass is 362 g/mol. The van der Waals surface area contributed by atoms with Crippen molar-refractivity contribution in [2.24, 2.45) is 5.92 Å². The fourth-order valence-electron chi connectivity index (χ4n) is 2.22. The molecule has 0 aromatic heterocycles. The normalized spacial score (nSPS) is 11.0. The van der Waals surface area contributed by atoms with Crippen molar-refractivity contribution in [3.05, 3.63) is 70.8 Å². The van der Waals surface area contributed by atoms with E-state index in [1.807, 2.05) is 9.24 Å². The average molecular weight is 363 g/mol. The largest absolute Gasteiger partial charge is 1.00 e. The van der Waals surface area contributed by atoms with Crippen LogP contribution in [0.25, 0.3) is 12.2 Å². The zero-order valence-corrected chi connectivity index (χ0v) is 15.9. The van der Waals surface area contributed by atoms with Crippen molar-refractivity contribution in [2.75, 3.05) is 0 Å². The molecule has 1 atom stereocenters. The molecule has 0 amide bonds. The molecule has 0 N–H and O–H groups in total. The van der Waals surface area contributed by atoms with Crippen molar-refractivity contribution in [3.8, 4) is 0 Å². The molecule has 0 nitrogen and oxygen atoms in total. The van der Waals surface area contributed by atoms with E-state index in [0.717, 1.165) is 12.6 Å². The number of rotatable bonds is 5. The van der Waals surface area contributed by atoms with Crippen molar-refractivity contribution in [1.29, 1.82) is 0 Å². The maximum Gasteiger partial charge on any atom is 0.0774 e. The Bertz CT molecular complexity index is 553. The second-order valence-electron chi connectivity index (χ2n) is 5.66. The van der Waals surface area contributed by atoms with Crippen LogP contribution in [0.15, 0.2) is 48.5 Å². The lowest BCUT2D eigenvalue weighted by Gasteiger charge is -2.04. The van der Waals surface area contributed by atoms with E-state index in [4.69, 9.17) is 0 Å². The van der Waals surface area contributed by atoms with Crippen LogP contribution in [-0.2, 0) is 12.6 Å². The lowest BCUT2D eigenvalue weighted by Crippen LogP contribution is -3.00. The first-order valence-electron chi connectivity index (χ1n) is 7.32. The molecule has 0 radical (unpaired) electrons. The molecule has 0 saturated heterocycles. The zero-order valence-electron chi connectivity index (χ0n) is 12.9. The molecule has 2 rings (SSSR count). The molecule has 0 bridgehead atoms. The summed E-state index contributed by atoms with van der Waals surface area (Å²) >= 11 is 0. The van der Waals surface area contributed by atoms with Gasteiger partial charge in [-0.05, 0) is 43.8 Å². The summed E-state index contributed by atoms with van der Waals surface area (Å²) in [5.74, 6) is 0.717. The summed E-state index contributed by atoms with van der Waals surface area (Å²) in [6, 6.07) is 17.7. The summed E-state index contributed by atoms with van der Waals surface area (Å²) in [5.41, 5.74) is 5.35. The van der Waals surface area contributed by atoms with Crippen LogP contribution in [0.1, 0.15) is 36.1 Å². The predicted octanol–water partition coefficient (Wildman–Crippen LogP) is 2.17. The number of hydrogen-bond donors (Lipinski definition) is 0. The SMILES string of the molecule is CC(C)Cc1ccc(C=Cc2ccc(C[PH3+])cc2)cc1.[Br-]. The van der Waals surface area contributed by atoms with Gasteiger partial charge in [-0.15, -0.1) is 0 Å². The lowest BCUT2D eigenvalue weighted by atomic mass is 10.0. The highest BCUT2D eigenvalue weighted by Crippen LogP contribution is 2.14. The number of hydrogen-bond acceptors (Lipinski definition) is 0. The molecule has 0 fully saturated rings. The third-order valence-electron chi connectivity index (χ3n) is 3.36. The Hall–Kier alpha value is -0.910. The van der Waals surface area contributed by atoms with Gasteiger partial charge in [0.05, 0.1) is 6.16 Å². The van der Waals surface area contributed by atoms with Gasteiger partial charge in [-0.1, -0.05) is 74.5 Å². The molecule has 112 valence electrons. The summed E-state index contributed by atoms with van der Waals surface area (Å²) in [7, 11) is 1.99. The minimum Gasteiger partial charge on any atom is -1.00 e. The first kappa shape index (κ1) is 18.1. The predicted molar refractivity (Wildman–Crippen MR) is 95.2 cm³/mol. The Balaban J connectivity index is 0.00000220. The molecular formula is C19H24BrP. The highest BCUT2D eigenvalue weighted by atomic mass is 79.9. The highest BCUT2D eigenvalue weighted by Gasteiger charge is 1.97. The van der Waals surface area contributed by atoms with E-state index in [1.165, 1.54) is 22.3 Å². The van der Waals surface area contributed by atoms with E-state index in [9.17, 15) is 0 Å². The van der Waals surface area contributed by atoms with Crippen molar-refractivity contribution < 1.29 is 17.0 Å². The summed E-state index contributed by atoms with van der Waals surface area (Å²) < 4.78 is 0. The number of benzene rings is 2. The van der Waals surface area contributed by atoms with Gasteiger partial charge >= 0.3 is 0 Å². The van der Waals surface area contributed by atoms with Crippen molar-refractivity contribution in [1.82, 2.24) is 0 Å². The fourth-order valence-corrected chi connectivity index (χ4v) is 2.56. The molecule has 0 spiro atoms. The number of halogens is 1. The lowest BCUT2D eigenvalue weighted by molar-refractivity contribution is -0.00000414. The standard InChI is InChI=1S/C19H23P.BrH/c1-15(2)13-18-9-5-16(6-10-18)3-4-17-7-11-19(14-20)12-8-17;/h3-12,15H,13-14,20H2,1-2H3;1H. The van der Waals surface area contributed by atoms with Crippen LogP contribution in [0.3, 0.4) is 0 Å². The molecule has 0 aliphatic carbocycles. The first-order chi connectivity index (χ1) is 9.67. The van der Waals surface area contributed by atoms with Crippen molar-refractivity contribution in [3.63, 3.8) is 0 Å². The Labute approximate surface area is 141 Å². The molecule has 21 heavy (non-hydrogen) atoms. The van der Waals surface area contributed by atoms with Crippen LogP contribution in [-0.4, -0.2) is 0 Å². The van der Waals surface area contributed by atoms with Crippen LogP contribution < -0.4 is 17.0 Å². The summed E-state index contributed by atoms with van der Waals surface area (Å²) in [6.07, 6.45) is 6.64. The molecule has 2 heteroatoms. The van der Waals surface area contributed by atoms with Gasteiger partial charge < -0.3 is 17.0 Å². The van der Waals surface area contributed by atoms with Gasteiger partial charge in [-0.25, -0.2) is 0 Å². The second-order valence-corrected chi connectivity index (χ2v) is 6.16. The smallest absolute Gasteiger partial charge is 0.0774 e. The average Bonchev–Trinajstić information content (AvgIpc) is 2.46. The Morgan fingerprint density at radius 3 is 1.62 bits per heavy atom. The van der Waals surface area contributed by atoms with Crippen LogP contribution in [0.5, 0.6) is 0 Å². The summed E-state index contributed by atoms with van der Waals surface area (Å²) in [5, 5.41) is 0. The molecular weight excluding hydrogens is 339 g/mol. The van der Waals surface area contributed by atoms with E-state index in [2.05, 4.69) is 74.5 Å². The zero-order chi connectivity index (χ0) is 14.4. The molecule has 2 aromatic carbocycles. The first-order valence-corrected chi connectivity index (χ1v) is 8.32. The van der Waals surface area contributed by atoms with Gasteiger partial charge in [0, 0.05) is 0 Å². The Kier molecular flexibility index (Phi) is 7.93. The van der Waals surface area contributed by atoms with Gasteiger partial charge in [0.15, 0.2) is 0 Å². The van der Waals surface area contributed by atoms with Gasteiger partial charge in [-0.3, -0.25) is 0 Å². The molecule has 2 aromatic rings. The van der Waals surface area contributed by atoms with Crippen LogP contribution in [0.2, 0.25) is 0 Å². The third kappa shape index (κ3) is 6.16. The van der Waals surface area contributed by atoms with E-state index < -0.39 is 0 Å². The maximum atomic E-state index is 2.26. The maximum absolute atomic E-state index is 2.26. The van der Waals surface area contributed by atoms with E-state index >= 15 is 0 Å². The molecule has 0 heterocycles. The fraction of sp³-hybridized carbons (Fsp3) is 0.263. The topological polar surface area (TPSA) is 0 Å². The second kappa shape index (κ2) is 9.18.